The number of rotatable bonds is 0. The molecule has 1 amide bonds. The summed E-state index contributed by atoms with van der Waals surface area (Å²) in [5, 5.41) is 2.63. The van der Waals surface area contributed by atoms with Gasteiger partial charge in [-0.25, -0.2) is 4.98 Å². The van der Waals surface area contributed by atoms with Gasteiger partial charge in [-0.1, -0.05) is 0 Å². The lowest BCUT2D eigenvalue weighted by Crippen LogP contribution is -2.34. The summed E-state index contributed by atoms with van der Waals surface area (Å²) >= 11 is 0. The third kappa shape index (κ3) is 1.01. The topological polar surface area (TPSA) is 51.2 Å². The second-order valence-electron chi connectivity index (χ2n) is 2.60. The molecule has 12 heavy (non-hydrogen) atoms. The second kappa shape index (κ2) is 2.48. The Bertz CT molecular complexity index is 325. The summed E-state index contributed by atoms with van der Waals surface area (Å²) in [5.41, 5.74) is 0. The summed E-state index contributed by atoms with van der Waals surface area (Å²) in [6.07, 6.45) is 1.18. The molecule has 0 unspecified atom stereocenters. The van der Waals surface area contributed by atoms with E-state index >= 15 is 0 Å². The maximum absolute atomic E-state index is 11.1. The maximum atomic E-state index is 11.1. The summed E-state index contributed by atoms with van der Waals surface area (Å²) in [4.78, 5) is 15.0. The van der Waals surface area contributed by atoms with E-state index in [9.17, 15) is 4.79 Å². The van der Waals surface area contributed by atoms with Crippen LogP contribution in [0.2, 0.25) is 0 Å². The van der Waals surface area contributed by atoms with Crippen LogP contribution in [0.5, 0.6) is 5.75 Å². The molecule has 4 nitrogen and oxygen atoms in total. The van der Waals surface area contributed by atoms with Crippen LogP contribution in [0.4, 0.5) is 5.82 Å². The SMILES string of the molecule is C[C@H]1Oc2cccnc2NC1=O. The Morgan fingerprint density at radius 2 is 2.50 bits per heavy atom. The highest BCUT2D eigenvalue weighted by Crippen LogP contribution is 2.25. The lowest BCUT2D eigenvalue weighted by Gasteiger charge is -2.21. The van der Waals surface area contributed by atoms with Gasteiger partial charge in [0, 0.05) is 6.20 Å². The van der Waals surface area contributed by atoms with E-state index in [-0.39, 0.29) is 5.91 Å². The largest absolute Gasteiger partial charge is 0.477 e. The first-order valence-corrected chi connectivity index (χ1v) is 3.70. The van der Waals surface area contributed by atoms with E-state index in [2.05, 4.69) is 10.3 Å². The van der Waals surface area contributed by atoms with E-state index in [1.807, 2.05) is 0 Å². The highest BCUT2D eigenvalue weighted by Gasteiger charge is 2.23. The molecule has 0 aliphatic carbocycles. The Morgan fingerprint density at radius 1 is 1.67 bits per heavy atom. The molecule has 0 saturated heterocycles. The van der Waals surface area contributed by atoms with E-state index < -0.39 is 6.10 Å². The van der Waals surface area contributed by atoms with Crippen LogP contribution in [-0.2, 0) is 4.79 Å². The molecule has 1 aromatic heterocycles. The number of hydrogen-bond donors (Lipinski definition) is 1. The van der Waals surface area contributed by atoms with Crippen molar-refractivity contribution in [1.29, 1.82) is 0 Å². The van der Waals surface area contributed by atoms with Gasteiger partial charge in [-0.3, -0.25) is 4.79 Å². The minimum Gasteiger partial charge on any atom is -0.477 e. The van der Waals surface area contributed by atoms with Gasteiger partial charge in [0.15, 0.2) is 17.7 Å². The number of fused-ring (bicyclic) bond motifs is 1. The highest BCUT2D eigenvalue weighted by atomic mass is 16.5. The molecule has 0 aromatic carbocycles. The molecule has 1 aliphatic heterocycles. The van der Waals surface area contributed by atoms with Crippen LogP contribution < -0.4 is 10.1 Å². The molecule has 1 atom stereocenters. The summed E-state index contributed by atoms with van der Waals surface area (Å²) in [6.45, 7) is 1.70. The second-order valence-corrected chi connectivity index (χ2v) is 2.60. The first-order chi connectivity index (χ1) is 5.77. The van der Waals surface area contributed by atoms with Crippen LogP contribution in [0.15, 0.2) is 18.3 Å². The zero-order chi connectivity index (χ0) is 8.55. The number of aromatic nitrogens is 1. The van der Waals surface area contributed by atoms with Crippen LogP contribution >= 0.6 is 0 Å². The van der Waals surface area contributed by atoms with Crippen molar-refractivity contribution in [3.63, 3.8) is 0 Å². The molecule has 2 heterocycles. The summed E-state index contributed by atoms with van der Waals surface area (Å²) < 4.78 is 5.27. The Morgan fingerprint density at radius 3 is 3.33 bits per heavy atom. The molecule has 0 fully saturated rings. The van der Waals surface area contributed by atoms with Crippen molar-refractivity contribution >= 4 is 11.7 Å². The standard InChI is InChI=1S/C8H8N2O2/c1-5-8(11)10-7-6(12-5)3-2-4-9-7/h2-5H,1H3,(H,9,10,11)/t5-/m1/s1. The zero-order valence-corrected chi connectivity index (χ0v) is 6.57. The minimum absolute atomic E-state index is 0.152. The average molecular weight is 164 g/mol. The maximum Gasteiger partial charge on any atom is 0.266 e. The minimum atomic E-state index is -0.429. The molecule has 0 radical (unpaired) electrons. The lowest BCUT2D eigenvalue weighted by atomic mass is 10.3. The molecule has 1 aromatic rings. The van der Waals surface area contributed by atoms with Crippen molar-refractivity contribution in [1.82, 2.24) is 4.98 Å². The van der Waals surface area contributed by atoms with Crippen molar-refractivity contribution in [2.45, 2.75) is 13.0 Å². The summed E-state index contributed by atoms with van der Waals surface area (Å²) in [7, 11) is 0. The summed E-state index contributed by atoms with van der Waals surface area (Å²) in [5.74, 6) is 0.978. The van der Waals surface area contributed by atoms with Crippen LogP contribution in [0.3, 0.4) is 0 Å². The van der Waals surface area contributed by atoms with Crippen LogP contribution in [0, 0.1) is 0 Å². The molecule has 62 valence electrons. The fourth-order valence-corrected chi connectivity index (χ4v) is 1.04. The van der Waals surface area contributed by atoms with Gasteiger partial charge in [-0.05, 0) is 19.1 Å². The highest BCUT2D eigenvalue weighted by molar-refractivity contribution is 5.96. The predicted molar refractivity (Wildman–Crippen MR) is 43.0 cm³/mol. The fourth-order valence-electron chi connectivity index (χ4n) is 1.04. The quantitative estimate of drug-likeness (QED) is 0.617. The molecular formula is C8H8N2O2. The van der Waals surface area contributed by atoms with Crippen LogP contribution in [0.25, 0.3) is 0 Å². The number of anilines is 1. The number of hydrogen-bond acceptors (Lipinski definition) is 3. The number of pyridine rings is 1. The number of nitrogens with zero attached hydrogens (tertiary/aromatic N) is 1. The molecule has 1 N–H and O–H groups in total. The van der Waals surface area contributed by atoms with Gasteiger partial charge in [0.2, 0.25) is 0 Å². The van der Waals surface area contributed by atoms with Crippen molar-refractivity contribution in [3.05, 3.63) is 18.3 Å². The molecule has 0 spiro atoms. The fraction of sp³-hybridized carbons (Fsp3) is 0.250. The summed E-state index contributed by atoms with van der Waals surface area (Å²) in [6, 6.07) is 3.54. The van der Waals surface area contributed by atoms with Crippen molar-refractivity contribution < 1.29 is 9.53 Å². The number of carbonyl (C=O) groups excluding carboxylic acids is 1. The molecule has 0 bridgehead atoms. The van der Waals surface area contributed by atoms with Crippen LogP contribution in [-0.4, -0.2) is 17.0 Å². The Balaban J connectivity index is 2.40. The first-order valence-electron chi connectivity index (χ1n) is 3.70. The lowest BCUT2D eigenvalue weighted by molar-refractivity contribution is -0.122. The number of ether oxygens (including phenoxy) is 1. The van der Waals surface area contributed by atoms with Gasteiger partial charge in [0.1, 0.15) is 0 Å². The van der Waals surface area contributed by atoms with Gasteiger partial charge in [0.05, 0.1) is 0 Å². The van der Waals surface area contributed by atoms with E-state index in [1.165, 1.54) is 0 Å². The monoisotopic (exact) mass is 164 g/mol. The molecule has 4 heteroatoms. The Kier molecular flexibility index (Phi) is 1.46. The first kappa shape index (κ1) is 7.09. The molecule has 1 aliphatic rings. The van der Waals surface area contributed by atoms with Gasteiger partial charge in [0.25, 0.3) is 5.91 Å². The smallest absolute Gasteiger partial charge is 0.266 e. The van der Waals surface area contributed by atoms with Gasteiger partial charge >= 0.3 is 0 Å². The van der Waals surface area contributed by atoms with Gasteiger partial charge in [-0.2, -0.15) is 0 Å². The average Bonchev–Trinajstić information content (AvgIpc) is 2.07. The van der Waals surface area contributed by atoms with Gasteiger partial charge < -0.3 is 10.1 Å². The van der Waals surface area contributed by atoms with E-state index in [4.69, 9.17) is 4.74 Å². The van der Waals surface area contributed by atoms with Crippen molar-refractivity contribution in [2.24, 2.45) is 0 Å². The Labute approximate surface area is 69.6 Å². The van der Waals surface area contributed by atoms with Crippen molar-refractivity contribution in [2.75, 3.05) is 5.32 Å². The number of amides is 1. The normalized spacial score (nSPS) is 20.8. The number of carbonyl (C=O) groups is 1. The molecular weight excluding hydrogens is 156 g/mol. The third-order valence-corrected chi connectivity index (χ3v) is 1.69. The third-order valence-electron chi connectivity index (χ3n) is 1.69. The number of nitrogens with one attached hydrogen (secondary N) is 1. The molecule has 2 rings (SSSR count). The van der Waals surface area contributed by atoms with Gasteiger partial charge in [-0.15, -0.1) is 0 Å². The van der Waals surface area contributed by atoms with E-state index in [1.54, 1.807) is 25.3 Å². The molecule has 0 saturated carbocycles. The van der Waals surface area contributed by atoms with Crippen molar-refractivity contribution in [3.8, 4) is 5.75 Å². The van der Waals surface area contributed by atoms with E-state index in [0.29, 0.717) is 11.6 Å². The van der Waals surface area contributed by atoms with Crippen LogP contribution in [0.1, 0.15) is 6.92 Å². The zero-order valence-electron chi connectivity index (χ0n) is 6.57. The Hall–Kier alpha value is -1.58. The predicted octanol–water partition coefficient (Wildman–Crippen LogP) is 0.801. The van der Waals surface area contributed by atoms with E-state index in [0.717, 1.165) is 0 Å².